The van der Waals surface area contributed by atoms with Crippen LogP contribution >= 0.6 is 0 Å². The first kappa shape index (κ1) is 21.0. The maximum Gasteiger partial charge on any atom is 0.286 e. The molecular weight excluding hydrogens is 393 g/mol. The van der Waals surface area contributed by atoms with Crippen LogP contribution in [0.3, 0.4) is 0 Å². The second-order valence-corrected chi connectivity index (χ2v) is 9.13. The summed E-state index contributed by atoms with van der Waals surface area (Å²) >= 11 is 0. The van der Waals surface area contributed by atoms with Crippen LogP contribution in [0.5, 0.6) is 0 Å². The second-order valence-electron chi connectivity index (χ2n) is 7.55. The number of halogens is 1. The summed E-state index contributed by atoms with van der Waals surface area (Å²) in [7, 11) is -2.34. The van der Waals surface area contributed by atoms with E-state index in [2.05, 4.69) is 4.40 Å². The van der Waals surface area contributed by atoms with Crippen LogP contribution in [0.15, 0.2) is 51.8 Å². The van der Waals surface area contributed by atoms with Crippen molar-refractivity contribution < 1.29 is 17.6 Å². The van der Waals surface area contributed by atoms with Crippen molar-refractivity contribution in [3.63, 3.8) is 0 Å². The number of nitrogens with zero attached hydrogens (tertiary/aromatic N) is 3. The van der Waals surface area contributed by atoms with Crippen molar-refractivity contribution in [1.29, 1.82) is 0 Å². The van der Waals surface area contributed by atoms with Gasteiger partial charge in [0.15, 0.2) is 0 Å². The van der Waals surface area contributed by atoms with Crippen molar-refractivity contribution in [2.24, 2.45) is 10.3 Å². The number of hydrogen-bond acceptors (Lipinski definition) is 4. The van der Waals surface area contributed by atoms with Crippen molar-refractivity contribution >= 4 is 27.5 Å². The molecule has 1 aliphatic rings. The molecule has 6 nitrogen and oxygen atoms in total. The van der Waals surface area contributed by atoms with Gasteiger partial charge in [0, 0.05) is 31.3 Å². The summed E-state index contributed by atoms with van der Waals surface area (Å²) in [5.41, 5.74) is 1.11. The molecule has 0 fully saturated rings. The van der Waals surface area contributed by atoms with E-state index >= 15 is 0 Å². The van der Waals surface area contributed by atoms with Crippen molar-refractivity contribution in [3.8, 4) is 0 Å². The van der Waals surface area contributed by atoms with E-state index in [1.165, 1.54) is 17.0 Å². The molecule has 0 aromatic heterocycles. The molecular formula is C21H24FN3O3S. The second kappa shape index (κ2) is 7.94. The number of anilines is 1. The van der Waals surface area contributed by atoms with Crippen LogP contribution in [0.2, 0.25) is 0 Å². The lowest BCUT2D eigenvalue weighted by molar-refractivity contribution is 0.0783. The van der Waals surface area contributed by atoms with Gasteiger partial charge in [-0.05, 0) is 37.1 Å². The molecule has 29 heavy (non-hydrogen) atoms. The fourth-order valence-corrected chi connectivity index (χ4v) is 4.56. The molecule has 0 aliphatic carbocycles. The van der Waals surface area contributed by atoms with E-state index in [4.69, 9.17) is 0 Å². The highest BCUT2D eigenvalue weighted by Crippen LogP contribution is 2.33. The quantitative estimate of drug-likeness (QED) is 0.744. The third kappa shape index (κ3) is 4.32. The maximum atomic E-state index is 13.9. The first-order chi connectivity index (χ1) is 13.6. The first-order valence-corrected chi connectivity index (χ1v) is 10.8. The number of carbonyl (C=O) groups is 1. The number of amidine groups is 1. The van der Waals surface area contributed by atoms with Crippen molar-refractivity contribution in [2.45, 2.75) is 32.2 Å². The number of amides is 1. The molecule has 0 spiro atoms. The van der Waals surface area contributed by atoms with E-state index in [1.54, 1.807) is 44.3 Å². The minimum atomic E-state index is -3.89. The minimum absolute atomic E-state index is 0.00823. The molecule has 3 rings (SSSR count). The summed E-state index contributed by atoms with van der Waals surface area (Å²) < 4.78 is 43.0. The topological polar surface area (TPSA) is 70.0 Å². The van der Waals surface area contributed by atoms with Crippen LogP contribution in [0, 0.1) is 11.7 Å². The Kier molecular flexibility index (Phi) is 5.75. The average Bonchev–Trinajstić information content (AvgIpc) is 2.65. The van der Waals surface area contributed by atoms with Crippen LogP contribution in [0.1, 0.15) is 36.7 Å². The summed E-state index contributed by atoms with van der Waals surface area (Å²) in [6.07, 6.45) is 0. The van der Waals surface area contributed by atoms with E-state index in [-0.39, 0.29) is 17.0 Å². The Balaban J connectivity index is 1.94. The van der Waals surface area contributed by atoms with Gasteiger partial charge in [0.05, 0.1) is 5.69 Å². The summed E-state index contributed by atoms with van der Waals surface area (Å²) in [4.78, 5) is 16.1. The molecule has 8 heteroatoms. The maximum absolute atomic E-state index is 13.9. The predicted octanol–water partition coefficient (Wildman–Crippen LogP) is 3.68. The largest absolute Gasteiger partial charge is 0.337 e. The third-order valence-electron chi connectivity index (χ3n) is 4.68. The third-order valence-corrected chi connectivity index (χ3v) is 6.07. The molecule has 2 aromatic carbocycles. The Morgan fingerprint density at radius 2 is 1.90 bits per heavy atom. The van der Waals surface area contributed by atoms with Crippen LogP contribution < -0.4 is 4.90 Å². The highest BCUT2D eigenvalue weighted by atomic mass is 32.2. The van der Waals surface area contributed by atoms with Gasteiger partial charge in [-0.2, -0.15) is 8.42 Å². The zero-order valence-corrected chi connectivity index (χ0v) is 17.7. The first-order valence-electron chi connectivity index (χ1n) is 9.32. The van der Waals surface area contributed by atoms with Gasteiger partial charge in [-0.3, -0.25) is 4.79 Å². The van der Waals surface area contributed by atoms with Crippen molar-refractivity contribution in [3.05, 3.63) is 59.4 Å². The Labute approximate surface area is 170 Å². The van der Waals surface area contributed by atoms with Gasteiger partial charge in [-0.15, -0.1) is 4.40 Å². The van der Waals surface area contributed by atoms with Gasteiger partial charge < -0.3 is 9.80 Å². The summed E-state index contributed by atoms with van der Waals surface area (Å²) in [5.74, 6) is -0.0915. The van der Waals surface area contributed by atoms with Gasteiger partial charge in [-0.1, -0.05) is 32.0 Å². The molecule has 0 saturated heterocycles. The molecule has 0 saturated carbocycles. The summed E-state index contributed by atoms with van der Waals surface area (Å²) in [6, 6.07) is 10.8. The average molecular weight is 418 g/mol. The zero-order valence-electron chi connectivity index (χ0n) is 16.9. The number of fused-ring (bicyclic) bond motifs is 1. The monoisotopic (exact) mass is 417 g/mol. The number of sulfonamides is 1. The van der Waals surface area contributed by atoms with Gasteiger partial charge >= 0.3 is 0 Å². The normalized spacial score (nSPS) is 15.1. The number of carbonyl (C=O) groups excluding carboxylic acids is 1. The fraction of sp³-hybridized carbons (Fsp3) is 0.333. The van der Waals surface area contributed by atoms with E-state index in [0.29, 0.717) is 29.5 Å². The van der Waals surface area contributed by atoms with Gasteiger partial charge in [0.2, 0.25) is 0 Å². The van der Waals surface area contributed by atoms with E-state index < -0.39 is 21.7 Å². The van der Waals surface area contributed by atoms with E-state index in [9.17, 15) is 17.6 Å². The molecule has 1 amide bonds. The standard InChI is InChI=1S/C21H24FN3O3S/c1-14(2)12-25-15(3)23-29(27,28)20-11-16(9-10-19(20)25)21(26)24(4)13-17-7-5-6-8-18(17)22/h5-11,14H,12-13H2,1-4H3. The fourth-order valence-electron chi connectivity index (χ4n) is 3.29. The molecule has 0 atom stereocenters. The smallest absolute Gasteiger partial charge is 0.286 e. The molecule has 1 heterocycles. The molecule has 0 radical (unpaired) electrons. The highest BCUT2D eigenvalue weighted by Gasteiger charge is 2.30. The number of benzene rings is 2. The zero-order chi connectivity index (χ0) is 21.3. The molecule has 154 valence electrons. The Morgan fingerprint density at radius 3 is 2.55 bits per heavy atom. The number of hydrogen-bond donors (Lipinski definition) is 0. The SMILES string of the molecule is CC1=NS(=O)(=O)c2cc(C(=O)N(C)Cc3ccccc3F)ccc2N1CC(C)C. The molecule has 2 aromatic rings. The lowest BCUT2D eigenvalue weighted by atomic mass is 10.1. The van der Waals surface area contributed by atoms with Gasteiger partial charge in [0.25, 0.3) is 15.9 Å². The Bertz CT molecular complexity index is 1080. The van der Waals surface area contributed by atoms with Crippen LogP contribution in [-0.4, -0.2) is 38.7 Å². The number of rotatable bonds is 5. The van der Waals surface area contributed by atoms with Gasteiger partial charge in [0.1, 0.15) is 16.5 Å². The molecule has 0 N–H and O–H groups in total. The minimum Gasteiger partial charge on any atom is -0.337 e. The summed E-state index contributed by atoms with van der Waals surface area (Å²) in [6.45, 7) is 6.41. The van der Waals surface area contributed by atoms with Gasteiger partial charge in [-0.25, -0.2) is 4.39 Å². The molecule has 0 bridgehead atoms. The van der Waals surface area contributed by atoms with Crippen LogP contribution in [0.4, 0.5) is 10.1 Å². The van der Waals surface area contributed by atoms with Crippen molar-refractivity contribution in [1.82, 2.24) is 4.90 Å². The Morgan fingerprint density at radius 1 is 1.21 bits per heavy atom. The molecule has 0 unspecified atom stereocenters. The van der Waals surface area contributed by atoms with E-state index in [1.807, 2.05) is 18.7 Å². The van der Waals surface area contributed by atoms with Crippen LogP contribution in [-0.2, 0) is 16.6 Å². The highest BCUT2D eigenvalue weighted by molar-refractivity contribution is 7.90. The Hall–Kier alpha value is -2.74. The van der Waals surface area contributed by atoms with Crippen LogP contribution in [0.25, 0.3) is 0 Å². The van der Waals surface area contributed by atoms with Crippen molar-refractivity contribution in [2.75, 3.05) is 18.5 Å². The van der Waals surface area contributed by atoms with E-state index in [0.717, 1.165) is 0 Å². The predicted molar refractivity (Wildman–Crippen MR) is 111 cm³/mol. The lowest BCUT2D eigenvalue weighted by Crippen LogP contribution is -2.37. The lowest BCUT2D eigenvalue weighted by Gasteiger charge is -2.31. The summed E-state index contributed by atoms with van der Waals surface area (Å²) in [5, 5.41) is 0. The molecule has 1 aliphatic heterocycles.